The van der Waals surface area contributed by atoms with Crippen LogP contribution < -0.4 is 10.6 Å². The maximum absolute atomic E-state index is 9.89. The van der Waals surface area contributed by atoms with Crippen LogP contribution in [-0.2, 0) is 0 Å². The van der Waals surface area contributed by atoms with Crippen molar-refractivity contribution >= 4 is 24.6 Å². The molecular formula is C24H20NP. The van der Waals surface area contributed by atoms with E-state index in [-0.39, 0.29) is 11.8 Å². The first-order valence-electron chi connectivity index (χ1n) is 8.91. The van der Waals surface area contributed by atoms with Gasteiger partial charge in [-0.3, -0.25) is 0 Å². The molecule has 0 saturated carbocycles. The summed E-state index contributed by atoms with van der Waals surface area (Å²) in [5, 5.41) is 12.6. The van der Waals surface area contributed by atoms with E-state index >= 15 is 0 Å². The van der Waals surface area contributed by atoms with Gasteiger partial charge < -0.3 is 0 Å². The fourth-order valence-electron chi connectivity index (χ4n) is 3.63. The third-order valence-corrected chi connectivity index (χ3v) is 7.58. The molecule has 4 rings (SSSR count). The zero-order chi connectivity index (χ0) is 17.8. The summed E-state index contributed by atoms with van der Waals surface area (Å²) in [6.45, 7) is 0. The highest BCUT2D eigenvalue weighted by molar-refractivity contribution is 7.73. The summed E-state index contributed by atoms with van der Waals surface area (Å²) in [5.74, 6) is 0.162. The van der Waals surface area contributed by atoms with Crippen molar-refractivity contribution in [3.8, 4) is 6.07 Å². The van der Waals surface area contributed by atoms with Crippen molar-refractivity contribution in [2.45, 2.75) is 5.92 Å². The van der Waals surface area contributed by atoms with Gasteiger partial charge in [-0.2, -0.15) is 5.26 Å². The van der Waals surface area contributed by atoms with Crippen molar-refractivity contribution in [2.24, 2.45) is 5.92 Å². The van der Waals surface area contributed by atoms with Gasteiger partial charge in [-0.25, -0.2) is 0 Å². The van der Waals surface area contributed by atoms with E-state index in [9.17, 15) is 5.26 Å². The Bertz CT molecular complexity index is 901. The van der Waals surface area contributed by atoms with Gasteiger partial charge >= 0.3 is 0 Å². The van der Waals surface area contributed by atoms with Gasteiger partial charge in [-0.1, -0.05) is 97.1 Å². The minimum Gasteiger partial charge on any atom is -0.198 e. The number of hydrogen-bond donors (Lipinski definition) is 0. The van der Waals surface area contributed by atoms with Crippen molar-refractivity contribution < 1.29 is 0 Å². The molecule has 0 amide bonds. The number of hydrogen-bond acceptors (Lipinski definition) is 1. The maximum atomic E-state index is 9.89. The largest absolute Gasteiger partial charge is 0.198 e. The summed E-state index contributed by atoms with van der Waals surface area (Å²) in [7, 11) is -0.498. The molecule has 2 unspecified atom stereocenters. The fourth-order valence-corrected chi connectivity index (χ4v) is 6.17. The van der Waals surface area contributed by atoms with Crippen LogP contribution in [0.5, 0.6) is 0 Å². The molecule has 1 aliphatic carbocycles. The molecule has 0 bridgehead atoms. The third-order valence-electron chi connectivity index (χ3n) is 4.95. The molecule has 0 fully saturated rings. The zero-order valence-electron chi connectivity index (χ0n) is 14.5. The van der Waals surface area contributed by atoms with Gasteiger partial charge in [-0.15, -0.1) is 0 Å². The standard InChI is InChI=1S/C24H20NP/c25-17-24-20(16-15-19-9-7-8-14-23(19)24)18-26(21-10-3-1-4-11-21)22-12-5-2-6-13-22/h1-16,20,24H,18H2. The van der Waals surface area contributed by atoms with Crippen LogP contribution in [0.25, 0.3) is 6.08 Å². The van der Waals surface area contributed by atoms with Gasteiger partial charge in [0.15, 0.2) is 0 Å². The first-order valence-corrected chi connectivity index (χ1v) is 10.4. The Labute approximate surface area is 156 Å². The second-order valence-corrected chi connectivity index (χ2v) is 8.79. The molecule has 0 saturated heterocycles. The molecule has 126 valence electrons. The molecule has 0 radical (unpaired) electrons. The molecule has 0 heterocycles. The Hall–Kier alpha value is -2.68. The van der Waals surface area contributed by atoms with Crippen molar-refractivity contribution in [2.75, 3.05) is 6.16 Å². The average molecular weight is 353 g/mol. The molecule has 1 nitrogen and oxygen atoms in total. The molecule has 0 spiro atoms. The van der Waals surface area contributed by atoms with Crippen LogP contribution >= 0.6 is 7.92 Å². The van der Waals surface area contributed by atoms with Crippen LogP contribution in [0.3, 0.4) is 0 Å². The number of nitriles is 1. The lowest BCUT2D eigenvalue weighted by molar-refractivity contribution is 0.654. The molecule has 0 N–H and O–H groups in total. The van der Waals surface area contributed by atoms with Crippen molar-refractivity contribution in [1.29, 1.82) is 5.26 Å². The van der Waals surface area contributed by atoms with E-state index in [0.717, 1.165) is 6.16 Å². The van der Waals surface area contributed by atoms with E-state index in [1.807, 2.05) is 12.1 Å². The lowest BCUT2D eigenvalue weighted by Gasteiger charge is -2.29. The Morgan fingerprint density at radius 2 is 1.35 bits per heavy atom. The van der Waals surface area contributed by atoms with Crippen LogP contribution in [0.4, 0.5) is 0 Å². The van der Waals surface area contributed by atoms with E-state index in [4.69, 9.17) is 0 Å². The Balaban J connectivity index is 1.70. The number of allylic oxidation sites excluding steroid dienone is 1. The van der Waals surface area contributed by atoms with Gasteiger partial charge in [-0.05, 0) is 35.8 Å². The number of benzene rings is 3. The summed E-state index contributed by atoms with van der Waals surface area (Å²) >= 11 is 0. The van der Waals surface area contributed by atoms with Gasteiger partial charge in [0.2, 0.25) is 0 Å². The minimum absolute atomic E-state index is 0.0753. The molecule has 0 aliphatic heterocycles. The molecule has 2 heteroatoms. The zero-order valence-corrected chi connectivity index (χ0v) is 15.4. The molecular weight excluding hydrogens is 333 g/mol. The van der Waals surface area contributed by atoms with Gasteiger partial charge in [0.1, 0.15) is 0 Å². The lowest BCUT2D eigenvalue weighted by atomic mass is 9.81. The topological polar surface area (TPSA) is 23.8 Å². The number of nitrogens with zero attached hydrogens (tertiary/aromatic N) is 1. The molecule has 0 aromatic heterocycles. The van der Waals surface area contributed by atoms with Crippen molar-refractivity contribution in [3.63, 3.8) is 0 Å². The average Bonchev–Trinajstić information content (AvgIpc) is 2.73. The first-order chi connectivity index (χ1) is 12.9. The third kappa shape index (κ3) is 3.34. The van der Waals surface area contributed by atoms with Gasteiger partial charge in [0, 0.05) is 5.92 Å². The summed E-state index contributed by atoms with van der Waals surface area (Å²) in [6.07, 6.45) is 5.43. The Morgan fingerprint density at radius 3 is 1.96 bits per heavy atom. The van der Waals surface area contributed by atoms with Gasteiger partial charge in [0.05, 0.1) is 12.0 Å². The normalized spacial score (nSPS) is 18.3. The number of rotatable bonds is 4. The van der Waals surface area contributed by atoms with E-state index in [2.05, 4.69) is 91.0 Å². The highest BCUT2D eigenvalue weighted by atomic mass is 31.1. The predicted molar refractivity (Wildman–Crippen MR) is 111 cm³/mol. The quantitative estimate of drug-likeness (QED) is 0.601. The van der Waals surface area contributed by atoms with Crippen LogP contribution in [0.15, 0.2) is 91.0 Å². The second-order valence-electron chi connectivity index (χ2n) is 6.54. The summed E-state index contributed by atoms with van der Waals surface area (Å²) < 4.78 is 0. The monoisotopic (exact) mass is 353 g/mol. The first kappa shape index (κ1) is 16.8. The molecule has 3 aromatic carbocycles. The fraction of sp³-hybridized carbons (Fsp3) is 0.125. The Kier molecular flexibility index (Phi) is 4.96. The summed E-state index contributed by atoms with van der Waals surface area (Å²) in [4.78, 5) is 0. The molecule has 2 atom stereocenters. The van der Waals surface area contributed by atoms with E-state index < -0.39 is 7.92 Å². The van der Waals surface area contributed by atoms with Crippen LogP contribution in [0, 0.1) is 17.2 Å². The second kappa shape index (κ2) is 7.69. The van der Waals surface area contributed by atoms with Crippen LogP contribution in [0.1, 0.15) is 17.0 Å². The molecule has 26 heavy (non-hydrogen) atoms. The molecule has 1 aliphatic rings. The van der Waals surface area contributed by atoms with Crippen LogP contribution in [-0.4, -0.2) is 6.16 Å². The Morgan fingerprint density at radius 1 is 0.769 bits per heavy atom. The van der Waals surface area contributed by atoms with Gasteiger partial charge in [0.25, 0.3) is 0 Å². The smallest absolute Gasteiger partial charge is 0.0784 e. The van der Waals surface area contributed by atoms with E-state index in [1.54, 1.807) is 0 Å². The SMILES string of the molecule is N#CC1c2ccccc2C=CC1CP(c1ccccc1)c1ccccc1. The number of fused-ring (bicyclic) bond motifs is 1. The summed E-state index contributed by atoms with van der Waals surface area (Å²) in [6, 6.07) is 32.3. The highest BCUT2D eigenvalue weighted by Crippen LogP contribution is 2.43. The minimum atomic E-state index is -0.498. The van der Waals surface area contributed by atoms with Crippen molar-refractivity contribution in [1.82, 2.24) is 0 Å². The van der Waals surface area contributed by atoms with E-state index in [0.29, 0.717) is 0 Å². The lowest BCUT2D eigenvalue weighted by Crippen LogP contribution is -2.22. The maximum Gasteiger partial charge on any atom is 0.0784 e. The van der Waals surface area contributed by atoms with Crippen molar-refractivity contribution in [3.05, 3.63) is 102 Å². The van der Waals surface area contributed by atoms with E-state index in [1.165, 1.54) is 21.7 Å². The molecule has 3 aromatic rings. The van der Waals surface area contributed by atoms with Crippen LogP contribution in [0.2, 0.25) is 0 Å². The highest BCUT2D eigenvalue weighted by Gasteiger charge is 2.29. The predicted octanol–water partition coefficient (Wildman–Crippen LogP) is 5.07. The summed E-state index contributed by atoms with van der Waals surface area (Å²) in [5.41, 5.74) is 2.35.